The summed E-state index contributed by atoms with van der Waals surface area (Å²) in [5, 5.41) is 12.4. The van der Waals surface area contributed by atoms with Gasteiger partial charge in [0, 0.05) is 26.6 Å². The van der Waals surface area contributed by atoms with E-state index in [0.717, 1.165) is 0 Å². The Morgan fingerprint density at radius 1 is 1.36 bits per heavy atom. The zero-order chi connectivity index (χ0) is 18.0. The lowest BCUT2D eigenvalue weighted by Gasteiger charge is -2.26. The first-order chi connectivity index (χ1) is 12.0. The van der Waals surface area contributed by atoms with Gasteiger partial charge in [-0.05, 0) is 12.1 Å². The van der Waals surface area contributed by atoms with Gasteiger partial charge in [-0.2, -0.15) is 10.2 Å². The van der Waals surface area contributed by atoms with Crippen molar-refractivity contribution in [1.29, 1.82) is 0 Å². The van der Waals surface area contributed by atoms with Crippen molar-refractivity contribution in [2.75, 3.05) is 12.4 Å². The lowest BCUT2D eigenvalue weighted by atomic mass is 9.96. The first-order valence-electron chi connectivity index (χ1n) is 7.09. The smallest absolute Gasteiger partial charge is 0.338 e. The van der Waals surface area contributed by atoms with Crippen LogP contribution in [0.2, 0.25) is 10.0 Å². The predicted molar refractivity (Wildman–Crippen MR) is 98.0 cm³/mol. The summed E-state index contributed by atoms with van der Waals surface area (Å²) in [6, 6.07) is 4.33. The fourth-order valence-corrected chi connectivity index (χ4v) is 3.37. The van der Waals surface area contributed by atoms with Crippen LogP contribution < -0.4 is 5.32 Å². The van der Waals surface area contributed by atoms with Crippen LogP contribution in [0.5, 0.6) is 0 Å². The molecule has 3 rings (SSSR count). The van der Waals surface area contributed by atoms with Gasteiger partial charge in [-0.3, -0.25) is 0 Å². The molecular formula is C15H12BrCl2N5O2. The molecule has 0 saturated heterocycles. The molecule has 0 bridgehead atoms. The van der Waals surface area contributed by atoms with E-state index in [1.165, 1.54) is 24.3 Å². The van der Waals surface area contributed by atoms with Gasteiger partial charge in [-0.1, -0.05) is 45.2 Å². The lowest BCUT2D eigenvalue weighted by molar-refractivity contribution is -0.136. The van der Waals surface area contributed by atoms with E-state index >= 15 is 0 Å². The molecule has 0 aliphatic carbocycles. The number of nitrogens with zero attached hydrogens (tertiary/aromatic N) is 4. The number of aliphatic imine (C=N–C) groups is 1. The largest absolute Gasteiger partial charge is 0.466 e. The molecule has 1 atom stereocenters. The molecule has 10 heteroatoms. The number of benzene rings is 1. The van der Waals surface area contributed by atoms with Gasteiger partial charge in [-0.25, -0.2) is 9.79 Å². The highest BCUT2D eigenvalue weighted by Crippen LogP contribution is 2.36. The third-order valence-corrected chi connectivity index (χ3v) is 4.64. The van der Waals surface area contributed by atoms with Gasteiger partial charge in [-0.15, -0.1) is 4.80 Å². The number of ether oxygens (including phenoxy) is 1. The molecule has 25 heavy (non-hydrogen) atoms. The van der Waals surface area contributed by atoms with E-state index in [1.807, 2.05) is 0 Å². The summed E-state index contributed by atoms with van der Waals surface area (Å²) >= 11 is 15.7. The number of rotatable bonds is 3. The van der Waals surface area contributed by atoms with E-state index in [4.69, 9.17) is 27.9 Å². The Hall–Kier alpha value is -1.90. The number of hydrogen-bond acceptors (Lipinski definition) is 6. The molecule has 0 unspecified atom stereocenters. The van der Waals surface area contributed by atoms with Crippen molar-refractivity contribution in [3.8, 4) is 0 Å². The second-order valence-electron chi connectivity index (χ2n) is 4.98. The zero-order valence-corrected chi connectivity index (χ0v) is 16.0. The number of carbonyl (C=O) groups is 1. The Morgan fingerprint density at radius 2 is 2.08 bits per heavy atom. The highest BCUT2D eigenvalue weighted by Gasteiger charge is 2.33. The molecule has 1 aromatic carbocycles. The summed E-state index contributed by atoms with van der Waals surface area (Å²) in [6.45, 7) is 0. The topological polar surface area (TPSA) is 81.4 Å². The van der Waals surface area contributed by atoms with Crippen LogP contribution in [0.1, 0.15) is 11.6 Å². The van der Waals surface area contributed by atoms with Crippen LogP contribution >= 0.6 is 39.1 Å². The molecule has 0 spiro atoms. The second-order valence-corrected chi connectivity index (χ2v) is 6.39. The maximum absolute atomic E-state index is 12.4. The van der Waals surface area contributed by atoms with Gasteiger partial charge in [0.15, 0.2) is 0 Å². The van der Waals surface area contributed by atoms with Crippen molar-refractivity contribution >= 4 is 51.1 Å². The molecule has 0 radical (unpaired) electrons. The van der Waals surface area contributed by atoms with Crippen molar-refractivity contribution in [2.24, 2.45) is 4.99 Å². The molecule has 2 aromatic rings. The number of carbonyl (C=O) groups excluding carboxylic acids is 1. The van der Waals surface area contributed by atoms with E-state index in [-0.39, 0.29) is 0 Å². The molecule has 0 amide bonds. The van der Waals surface area contributed by atoms with Crippen molar-refractivity contribution in [3.05, 3.63) is 57.5 Å². The van der Waals surface area contributed by atoms with Crippen molar-refractivity contribution in [1.82, 2.24) is 20.3 Å². The average molecular weight is 445 g/mol. The molecule has 1 aliphatic heterocycles. The zero-order valence-electron chi connectivity index (χ0n) is 12.9. The number of hydrogen-bond donors (Lipinski definition) is 1. The number of allylic oxidation sites excluding steroid dienone is 1. The highest BCUT2D eigenvalue weighted by atomic mass is 79.9. The first-order valence-corrected chi connectivity index (χ1v) is 8.96. The normalized spacial score (nSPS) is 17.1. The summed E-state index contributed by atoms with van der Waals surface area (Å²) in [5.74, 6) is -0.141. The van der Waals surface area contributed by atoms with Crippen molar-refractivity contribution in [2.45, 2.75) is 6.04 Å². The quantitative estimate of drug-likeness (QED) is 0.581. The van der Waals surface area contributed by atoms with Crippen LogP contribution in [-0.2, 0) is 9.53 Å². The summed E-state index contributed by atoms with van der Waals surface area (Å²) in [5.41, 5.74) is 1.56. The monoisotopic (exact) mass is 443 g/mol. The van der Waals surface area contributed by atoms with Crippen LogP contribution in [0.15, 0.2) is 46.9 Å². The maximum Gasteiger partial charge on any atom is 0.338 e. The third kappa shape index (κ3) is 3.56. The standard InChI is InChI=1S/C15H12BrCl2N5O2/c1-25-14(24)12-11(7-16)21-15(23-19-4-5-20-23)22-13(12)9-3-2-8(17)6-10(9)18/h2-6,13H,7H2,1H3,(H,21,22)/t13-/m0/s1. The molecule has 1 N–H and O–H groups in total. The van der Waals surface area contributed by atoms with Crippen LogP contribution in [0.3, 0.4) is 0 Å². The van der Waals surface area contributed by atoms with Gasteiger partial charge in [0.1, 0.15) is 6.04 Å². The number of methoxy groups -OCH3 is 1. The number of nitrogens with one attached hydrogen (secondary N) is 1. The molecule has 0 saturated carbocycles. The Kier molecular flexibility index (Phi) is 5.41. The molecule has 1 aliphatic rings. The van der Waals surface area contributed by atoms with E-state index in [2.05, 4.69) is 36.4 Å². The SMILES string of the molecule is COC(=O)C1=C(CBr)NC(n2nccn2)=N[C@H]1c1ccc(Cl)cc1Cl. The third-order valence-electron chi connectivity index (χ3n) is 3.52. The van der Waals surface area contributed by atoms with E-state index in [0.29, 0.717) is 38.2 Å². The van der Waals surface area contributed by atoms with Crippen LogP contribution in [0, 0.1) is 0 Å². The summed E-state index contributed by atoms with van der Waals surface area (Å²) in [6.07, 6.45) is 3.06. The molecule has 7 nitrogen and oxygen atoms in total. The van der Waals surface area contributed by atoms with Gasteiger partial charge in [0.2, 0.25) is 5.96 Å². The number of alkyl halides is 1. The van der Waals surface area contributed by atoms with Gasteiger partial charge >= 0.3 is 5.97 Å². The minimum Gasteiger partial charge on any atom is -0.466 e. The number of aromatic nitrogens is 3. The van der Waals surface area contributed by atoms with Gasteiger partial charge in [0.05, 0.1) is 25.1 Å². The molecule has 2 heterocycles. The van der Waals surface area contributed by atoms with Crippen LogP contribution in [0.25, 0.3) is 0 Å². The van der Waals surface area contributed by atoms with Gasteiger partial charge < -0.3 is 10.1 Å². The molecule has 130 valence electrons. The Labute approximate surface area is 161 Å². The van der Waals surface area contributed by atoms with Gasteiger partial charge in [0.25, 0.3) is 0 Å². The molecule has 1 aromatic heterocycles. The Bertz CT molecular complexity index is 867. The number of halogens is 3. The van der Waals surface area contributed by atoms with E-state index in [1.54, 1.807) is 18.2 Å². The highest BCUT2D eigenvalue weighted by molar-refractivity contribution is 9.09. The Morgan fingerprint density at radius 3 is 2.68 bits per heavy atom. The van der Waals surface area contributed by atoms with Crippen molar-refractivity contribution < 1.29 is 9.53 Å². The maximum atomic E-state index is 12.4. The van der Waals surface area contributed by atoms with E-state index in [9.17, 15) is 4.79 Å². The summed E-state index contributed by atoms with van der Waals surface area (Å²) in [4.78, 5) is 18.3. The first kappa shape index (κ1) is 17.9. The number of esters is 1. The minimum atomic E-state index is -0.688. The average Bonchev–Trinajstić information content (AvgIpc) is 3.14. The second kappa shape index (κ2) is 7.55. The van der Waals surface area contributed by atoms with Crippen molar-refractivity contribution in [3.63, 3.8) is 0 Å². The van der Waals surface area contributed by atoms with E-state index < -0.39 is 12.0 Å². The summed E-state index contributed by atoms with van der Waals surface area (Å²) in [7, 11) is 1.32. The minimum absolute atomic E-state index is 0.347. The predicted octanol–water partition coefficient (Wildman–Crippen LogP) is 2.96. The lowest BCUT2D eigenvalue weighted by Crippen LogP contribution is -2.38. The molecular weight excluding hydrogens is 433 g/mol. The summed E-state index contributed by atoms with van der Waals surface area (Å²) < 4.78 is 4.93. The fourth-order valence-electron chi connectivity index (χ4n) is 2.41. The van der Waals surface area contributed by atoms with Crippen LogP contribution in [0.4, 0.5) is 0 Å². The Balaban J connectivity index is 2.17. The molecule has 0 fully saturated rings. The fraction of sp³-hybridized carbons (Fsp3) is 0.200. The van der Waals surface area contributed by atoms with Crippen LogP contribution in [-0.4, -0.2) is 39.4 Å².